The molecule has 6 nitrogen and oxygen atoms in total. The van der Waals surface area contributed by atoms with Crippen LogP contribution in [0.2, 0.25) is 0 Å². The van der Waals surface area contributed by atoms with Gasteiger partial charge in [-0.25, -0.2) is 9.78 Å². The highest BCUT2D eigenvalue weighted by Crippen LogP contribution is 2.27. The van der Waals surface area contributed by atoms with Crippen molar-refractivity contribution < 1.29 is 14.7 Å². The number of thioether (sulfide) groups is 1. The van der Waals surface area contributed by atoms with Crippen LogP contribution >= 0.6 is 11.8 Å². The monoisotopic (exact) mass is 267 g/mol. The molecule has 1 aromatic heterocycles. The standard InChI is InChI=1S/C11H13N3O3S/c15-9(8-7-12-3-4-13-8)14-11(10(16)17)1-5-18-6-2-11/h3-4,7H,1-2,5-6H2,(H,14,15)(H,16,17). The zero-order valence-corrected chi connectivity index (χ0v) is 10.4. The summed E-state index contributed by atoms with van der Waals surface area (Å²) in [7, 11) is 0. The molecule has 1 aromatic rings. The molecule has 2 N–H and O–H groups in total. The SMILES string of the molecule is O=C(NC1(C(=O)O)CCSCC1)c1cnccn1. The summed E-state index contributed by atoms with van der Waals surface area (Å²) in [6.45, 7) is 0. The van der Waals surface area contributed by atoms with E-state index in [4.69, 9.17) is 0 Å². The molecule has 0 atom stereocenters. The van der Waals surface area contributed by atoms with Crippen molar-refractivity contribution in [3.8, 4) is 0 Å². The molecule has 1 aliphatic rings. The second-order valence-corrected chi connectivity index (χ2v) is 5.27. The first-order chi connectivity index (χ1) is 8.64. The molecule has 0 saturated carbocycles. The van der Waals surface area contributed by atoms with E-state index < -0.39 is 17.4 Å². The molecular formula is C11H13N3O3S. The molecule has 0 bridgehead atoms. The molecule has 0 spiro atoms. The molecule has 1 aliphatic heterocycles. The fraction of sp³-hybridized carbons (Fsp3) is 0.455. The van der Waals surface area contributed by atoms with Crippen molar-refractivity contribution in [3.63, 3.8) is 0 Å². The van der Waals surface area contributed by atoms with E-state index in [0.29, 0.717) is 12.8 Å². The molecule has 96 valence electrons. The van der Waals surface area contributed by atoms with Crippen LogP contribution in [0.15, 0.2) is 18.6 Å². The third kappa shape index (κ3) is 2.61. The molecule has 0 aliphatic carbocycles. The summed E-state index contributed by atoms with van der Waals surface area (Å²) in [6.07, 6.45) is 5.04. The van der Waals surface area contributed by atoms with Crippen molar-refractivity contribution in [2.24, 2.45) is 0 Å². The zero-order chi connectivity index (χ0) is 13.0. The maximum atomic E-state index is 11.9. The first-order valence-electron chi connectivity index (χ1n) is 5.54. The fourth-order valence-corrected chi connectivity index (χ4v) is 3.00. The Balaban J connectivity index is 2.15. The van der Waals surface area contributed by atoms with Crippen molar-refractivity contribution in [1.29, 1.82) is 0 Å². The van der Waals surface area contributed by atoms with Gasteiger partial charge in [0.25, 0.3) is 5.91 Å². The van der Waals surface area contributed by atoms with E-state index in [2.05, 4.69) is 15.3 Å². The van der Waals surface area contributed by atoms with Crippen LogP contribution in [0, 0.1) is 0 Å². The average Bonchev–Trinajstić information content (AvgIpc) is 2.40. The number of rotatable bonds is 3. The Hall–Kier alpha value is -1.63. The molecule has 18 heavy (non-hydrogen) atoms. The minimum absolute atomic E-state index is 0.136. The fourth-order valence-electron chi connectivity index (χ4n) is 1.81. The van der Waals surface area contributed by atoms with Gasteiger partial charge in [-0.05, 0) is 24.3 Å². The smallest absolute Gasteiger partial charge is 0.329 e. The maximum absolute atomic E-state index is 11.9. The van der Waals surface area contributed by atoms with Gasteiger partial charge in [0.1, 0.15) is 11.2 Å². The summed E-state index contributed by atoms with van der Waals surface area (Å²) < 4.78 is 0. The lowest BCUT2D eigenvalue weighted by atomic mass is 9.92. The summed E-state index contributed by atoms with van der Waals surface area (Å²) in [5.41, 5.74) is -1.03. The van der Waals surface area contributed by atoms with Crippen molar-refractivity contribution >= 4 is 23.6 Å². The van der Waals surface area contributed by atoms with Gasteiger partial charge in [0.05, 0.1) is 6.20 Å². The number of amides is 1. The van der Waals surface area contributed by atoms with E-state index in [1.165, 1.54) is 18.6 Å². The van der Waals surface area contributed by atoms with Gasteiger partial charge in [0.15, 0.2) is 0 Å². The summed E-state index contributed by atoms with van der Waals surface area (Å²) >= 11 is 1.69. The van der Waals surface area contributed by atoms with Crippen LogP contribution in [0.25, 0.3) is 0 Å². The molecule has 0 unspecified atom stereocenters. The predicted octanol–water partition coefficient (Wildman–Crippen LogP) is 0.557. The molecule has 1 saturated heterocycles. The number of carboxylic acid groups (broad SMARTS) is 1. The van der Waals surface area contributed by atoms with E-state index >= 15 is 0 Å². The van der Waals surface area contributed by atoms with Crippen LogP contribution in [0.5, 0.6) is 0 Å². The maximum Gasteiger partial charge on any atom is 0.329 e. The summed E-state index contributed by atoms with van der Waals surface area (Å²) in [6, 6.07) is 0. The van der Waals surface area contributed by atoms with E-state index in [-0.39, 0.29) is 5.69 Å². The second-order valence-electron chi connectivity index (χ2n) is 4.04. The molecule has 7 heteroatoms. The number of carbonyl (C=O) groups is 2. The third-order valence-electron chi connectivity index (χ3n) is 2.90. The van der Waals surface area contributed by atoms with Crippen molar-refractivity contribution in [1.82, 2.24) is 15.3 Å². The molecular weight excluding hydrogens is 254 g/mol. The zero-order valence-electron chi connectivity index (χ0n) is 9.63. The van der Waals surface area contributed by atoms with Crippen LogP contribution in [-0.4, -0.2) is 44.0 Å². The van der Waals surface area contributed by atoms with Gasteiger partial charge in [-0.1, -0.05) is 0 Å². The van der Waals surface area contributed by atoms with Crippen LogP contribution < -0.4 is 5.32 Å². The summed E-state index contributed by atoms with van der Waals surface area (Å²) in [4.78, 5) is 31.0. The van der Waals surface area contributed by atoms with Crippen molar-refractivity contribution in [3.05, 3.63) is 24.3 Å². The highest BCUT2D eigenvalue weighted by molar-refractivity contribution is 7.99. The number of hydrogen-bond acceptors (Lipinski definition) is 5. The van der Waals surface area contributed by atoms with Crippen LogP contribution in [0.3, 0.4) is 0 Å². The Morgan fingerprint density at radius 2 is 2.06 bits per heavy atom. The lowest BCUT2D eigenvalue weighted by Crippen LogP contribution is -2.56. The van der Waals surface area contributed by atoms with Crippen LogP contribution in [0.1, 0.15) is 23.3 Å². The Morgan fingerprint density at radius 1 is 1.33 bits per heavy atom. The van der Waals surface area contributed by atoms with E-state index in [0.717, 1.165) is 11.5 Å². The lowest BCUT2D eigenvalue weighted by Gasteiger charge is -2.33. The first kappa shape index (κ1) is 12.8. The van der Waals surface area contributed by atoms with Gasteiger partial charge in [0.2, 0.25) is 0 Å². The highest BCUT2D eigenvalue weighted by atomic mass is 32.2. The molecule has 0 aromatic carbocycles. The van der Waals surface area contributed by atoms with E-state index in [1.54, 1.807) is 11.8 Å². The quantitative estimate of drug-likeness (QED) is 0.831. The minimum Gasteiger partial charge on any atom is -0.480 e. The summed E-state index contributed by atoms with van der Waals surface area (Å²) in [5, 5.41) is 11.9. The van der Waals surface area contributed by atoms with Crippen LogP contribution in [-0.2, 0) is 4.79 Å². The van der Waals surface area contributed by atoms with Gasteiger partial charge in [-0.2, -0.15) is 11.8 Å². The summed E-state index contributed by atoms with van der Waals surface area (Å²) in [5.74, 6) is -0.0162. The van der Waals surface area contributed by atoms with Crippen molar-refractivity contribution in [2.75, 3.05) is 11.5 Å². The average molecular weight is 267 g/mol. The number of nitrogens with one attached hydrogen (secondary N) is 1. The number of carboxylic acids is 1. The number of nitrogens with zero attached hydrogens (tertiary/aromatic N) is 2. The van der Waals surface area contributed by atoms with Crippen LogP contribution in [0.4, 0.5) is 0 Å². The predicted molar refractivity (Wildman–Crippen MR) is 66.4 cm³/mol. The topological polar surface area (TPSA) is 92.2 Å². The normalized spacial score (nSPS) is 18.0. The van der Waals surface area contributed by atoms with Gasteiger partial charge in [-0.15, -0.1) is 0 Å². The number of aromatic nitrogens is 2. The number of carbonyl (C=O) groups excluding carboxylic acids is 1. The third-order valence-corrected chi connectivity index (χ3v) is 3.89. The number of hydrogen-bond donors (Lipinski definition) is 2. The minimum atomic E-state index is -1.17. The van der Waals surface area contributed by atoms with Gasteiger partial charge < -0.3 is 10.4 Å². The van der Waals surface area contributed by atoms with Crippen molar-refractivity contribution in [2.45, 2.75) is 18.4 Å². The molecule has 1 amide bonds. The molecule has 1 fully saturated rings. The first-order valence-corrected chi connectivity index (χ1v) is 6.69. The van der Waals surface area contributed by atoms with Gasteiger partial charge in [-0.3, -0.25) is 9.78 Å². The number of aliphatic carboxylic acids is 1. The second kappa shape index (κ2) is 5.34. The van der Waals surface area contributed by atoms with Gasteiger partial charge in [0, 0.05) is 12.4 Å². The Bertz CT molecular complexity index is 446. The molecule has 2 heterocycles. The van der Waals surface area contributed by atoms with Gasteiger partial charge >= 0.3 is 5.97 Å². The Kier molecular flexibility index (Phi) is 3.81. The lowest BCUT2D eigenvalue weighted by molar-refractivity contribution is -0.144. The largest absolute Gasteiger partial charge is 0.480 e. The molecule has 0 radical (unpaired) electrons. The Labute approximate surface area is 108 Å². The van der Waals surface area contributed by atoms with E-state index in [1.807, 2.05) is 0 Å². The Morgan fingerprint density at radius 3 is 2.61 bits per heavy atom. The highest BCUT2D eigenvalue weighted by Gasteiger charge is 2.41. The molecule has 2 rings (SSSR count). The van der Waals surface area contributed by atoms with E-state index in [9.17, 15) is 14.7 Å².